The Labute approximate surface area is 166 Å². The Morgan fingerprint density at radius 2 is 1.70 bits per heavy atom. The zero-order chi connectivity index (χ0) is 19.6. The van der Waals surface area contributed by atoms with Crippen LogP contribution in [0.3, 0.4) is 0 Å². The monoisotopic (exact) mass is 402 g/mol. The summed E-state index contributed by atoms with van der Waals surface area (Å²) >= 11 is 12.3. The maximum absolute atomic E-state index is 12.4. The molecule has 3 rings (SSSR count). The van der Waals surface area contributed by atoms with Gasteiger partial charge in [-0.3, -0.25) is 9.59 Å². The Bertz CT molecular complexity index is 1010. The molecule has 27 heavy (non-hydrogen) atoms. The second-order valence-electron chi connectivity index (χ2n) is 5.99. The van der Waals surface area contributed by atoms with Crippen LogP contribution < -0.4 is 5.32 Å². The van der Waals surface area contributed by atoms with Gasteiger partial charge < -0.3 is 14.6 Å². The van der Waals surface area contributed by atoms with Gasteiger partial charge in [-0.2, -0.15) is 0 Å². The van der Waals surface area contributed by atoms with Crippen molar-refractivity contribution in [3.05, 3.63) is 76.0 Å². The van der Waals surface area contributed by atoms with Crippen LogP contribution in [0.2, 0.25) is 10.0 Å². The topological polar surface area (TPSA) is 62.6 Å². The lowest BCUT2D eigenvalue weighted by atomic mass is 10.2. The second kappa shape index (κ2) is 7.86. The van der Waals surface area contributed by atoms with Crippen molar-refractivity contribution < 1.29 is 14.0 Å². The molecule has 3 aromatic rings. The first-order valence-corrected chi connectivity index (χ1v) is 8.79. The van der Waals surface area contributed by atoms with Gasteiger partial charge in [0.25, 0.3) is 11.8 Å². The van der Waals surface area contributed by atoms with Crippen LogP contribution in [0.4, 0.5) is 5.69 Å². The molecule has 0 aliphatic heterocycles. The third-order valence-corrected chi connectivity index (χ3v) is 4.47. The van der Waals surface area contributed by atoms with Crippen LogP contribution in [0.15, 0.2) is 59.0 Å². The molecular formula is C20H16Cl2N2O3. The van der Waals surface area contributed by atoms with Gasteiger partial charge in [0.2, 0.25) is 0 Å². The van der Waals surface area contributed by atoms with Gasteiger partial charge >= 0.3 is 0 Å². The summed E-state index contributed by atoms with van der Waals surface area (Å²) in [6, 6.07) is 15.2. The van der Waals surface area contributed by atoms with Crippen molar-refractivity contribution in [1.82, 2.24) is 4.90 Å². The Kier molecular flexibility index (Phi) is 5.54. The normalized spacial score (nSPS) is 10.5. The molecule has 5 nitrogen and oxygen atoms in total. The third-order valence-electron chi connectivity index (χ3n) is 3.83. The molecule has 0 atom stereocenters. The fourth-order valence-electron chi connectivity index (χ4n) is 2.47. The maximum atomic E-state index is 12.4. The van der Waals surface area contributed by atoms with E-state index in [1.165, 1.54) is 11.0 Å². The van der Waals surface area contributed by atoms with E-state index in [1.54, 1.807) is 44.4 Å². The molecule has 7 heteroatoms. The third kappa shape index (κ3) is 4.15. The van der Waals surface area contributed by atoms with Gasteiger partial charge in [0, 0.05) is 25.3 Å². The minimum atomic E-state index is -0.434. The molecule has 1 N–H and O–H groups in total. The van der Waals surface area contributed by atoms with E-state index in [2.05, 4.69) is 5.32 Å². The lowest BCUT2D eigenvalue weighted by molar-refractivity contribution is 0.0827. The molecule has 1 heterocycles. The number of anilines is 1. The quantitative estimate of drug-likeness (QED) is 0.651. The van der Waals surface area contributed by atoms with E-state index >= 15 is 0 Å². The van der Waals surface area contributed by atoms with Crippen molar-refractivity contribution in [3.63, 3.8) is 0 Å². The van der Waals surface area contributed by atoms with E-state index in [0.29, 0.717) is 27.6 Å². The van der Waals surface area contributed by atoms with Crippen molar-refractivity contribution in [2.45, 2.75) is 0 Å². The number of furan rings is 1. The van der Waals surface area contributed by atoms with Crippen LogP contribution in [-0.2, 0) is 0 Å². The zero-order valence-corrected chi connectivity index (χ0v) is 16.1. The zero-order valence-electron chi connectivity index (χ0n) is 14.6. The van der Waals surface area contributed by atoms with Crippen LogP contribution in [0.25, 0.3) is 11.3 Å². The van der Waals surface area contributed by atoms with E-state index in [0.717, 1.165) is 0 Å². The SMILES string of the molecule is CN(C)C(=O)c1ccc(NC(=O)c2ccc(-c3ccccc3Cl)o2)cc1Cl. The number of carbonyl (C=O) groups is 2. The number of rotatable bonds is 4. The molecule has 2 amide bonds. The summed E-state index contributed by atoms with van der Waals surface area (Å²) in [6.07, 6.45) is 0. The molecule has 0 aliphatic rings. The molecule has 0 radical (unpaired) electrons. The maximum Gasteiger partial charge on any atom is 0.291 e. The summed E-state index contributed by atoms with van der Waals surface area (Å²) < 4.78 is 5.62. The van der Waals surface area contributed by atoms with Gasteiger partial charge in [-0.05, 0) is 42.5 Å². The highest BCUT2D eigenvalue weighted by Crippen LogP contribution is 2.29. The molecule has 0 fully saturated rings. The first kappa shape index (κ1) is 19.0. The average molecular weight is 403 g/mol. The number of carbonyl (C=O) groups excluding carboxylic acids is 2. The summed E-state index contributed by atoms with van der Waals surface area (Å²) in [5, 5.41) is 3.49. The highest BCUT2D eigenvalue weighted by molar-refractivity contribution is 6.34. The molecule has 0 spiro atoms. The molecule has 0 bridgehead atoms. The molecule has 138 valence electrons. The lowest BCUT2D eigenvalue weighted by Crippen LogP contribution is -2.22. The summed E-state index contributed by atoms with van der Waals surface area (Å²) in [4.78, 5) is 25.9. The van der Waals surface area contributed by atoms with Crippen LogP contribution in [0.5, 0.6) is 0 Å². The fraction of sp³-hybridized carbons (Fsp3) is 0.100. The van der Waals surface area contributed by atoms with Gasteiger partial charge in [-0.25, -0.2) is 0 Å². The molecule has 0 saturated heterocycles. The van der Waals surface area contributed by atoms with Crippen molar-refractivity contribution in [2.24, 2.45) is 0 Å². The fourth-order valence-corrected chi connectivity index (χ4v) is 2.96. The standard InChI is InChI=1S/C20H16Cl2N2O3/c1-24(2)20(26)14-8-7-12(11-16(14)22)23-19(25)18-10-9-17(27-18)13-5-3-4-6-15(13)21/h3-11H,1-2H3,(H,23,25). The van der Waals surface area contributed by atoms with E-state index in [9.17, 15) is 9.59 Å². The van der Waals surface area contributed by atoms with Gasteiger partial charge in [-0.15, -0.1) is 0 Å². The smallest absolute Gasteiger partial charge is 0.291 e. The van der Waals surface area contributed by atoms with E-state index in [1.807, 2.05) is 18.2 Å². The molecule has 1 aromatic heterocycles. The van der Waals surface area contributed by atoms with Crippen LogP contribution in [0.1, 0.15) is 20.9 Å². The van der Waals surface area contributed by atoms with Crippen molar-refractivity contribution >= 4 is 40.7 Å². The average Bonchev–Trinajstić information content (AvgIpc) is 3.11. The number of amides is 2. The molecule has 2 aromatic carbocycles. The molecule has 0 aliphatic carbocycles. The largest absolute Gasteiger partial charge is 0.451 e. The Morgan fingerprint density at radius 3 is 2.37 bits per heavy atom. The summed E-state index contributed by atoms with van der Waals surface area (Å²) in [6.45, 7) is 0. The van der Waals surface area contributed by atoms with Gasteiger partial charge in [-0.1, -0.05) is 35.3 Å². The number of nitrogens with zero attached hydrogens (tertiary/aromatic N) is 1. The van der Waals surface area contributed by atoms with Crippen molar-refractivity contribution in [3.8, 4) is 11.3 Å². The van der Waals surface area contributed by atoms with E-state index in [-0.39, 0.29) is 16.7 Å². The second-order valence-corrected chi connectivity index (χ2v) is 6.81. The highest BCUT2D eigenvalue weighted by Gasteiger charge is 2.16. The molecule has 0 unspecified atom stereocenters. The van der Waals surface area contributed by atoms with Gasteiger partial charge in [0.1, 0.15) is 5.76 Å². The summed E-state index contributed by atoms with van der Waals surface area (Å²) in [5.74, 6) is -0.0189. The lowest BCUT2D eigenvalue weighted by Gasteiger charge is -2.12. The van der Waals surface area contributed by atoms with E-state index in [4.69, 9.17) is 27.6 Å². The predicted molar refractivity (Wildman–Crippen MR) is 107 cm³/mol. The number of nitrogens with one attached hydrogen (secondary N) is 1. The minimum Gasteiger partial charge on any atom is -0.451 e. The molecular weight excluding hydrogens is 387 g/mol. The van der Waals surface area contributed by atoms with Crippen LogP contribution in [-0.4, -0.2) is 30.8 Å². The highest BCUT2D eigenvalue weighted by atomic mass is 35.5. The number of benzene rings is 2. The first-order valence-electron chi connectivity index (χ1n) is 8.04. The number of halogens is 2. The van der Waals surface area contributed by atoms with Crippen LogP contribution >= 0.6 is 23.2 Å². The van der Waals surface area contributed by atoms with E-state index < -0.39 is 5.91 Å². The first-order chi connectivity index (χ1) is 12.9. The number of hydrogen-bond donors (Lipinski definition) is 1. The van der Waals surface area contributed by atoms with Crippen molar-refractivity contribution in [2.75, 3.05) is 19.4 Å². The number of hydrogen-bond acceptors (Lipinski definition) is 3. The summed E-state index contributed by atoms with van der Waals surface area (Å²) in [7, 11) is 3.28. The van der Waals surface area contributed by atoms with Crippen LogP contribution in [0, 0.1) is 0 Å². The van der Waals surface area contributed by atoms with Gasteiger partial charge in [0.15, 0.2) is 5.76 Å². The predicted octanol–water partition coefficient (Wildman–Crippen LogP) is 5.21. The Hall–Kier alpha value is -2.76. The summed E-state index contributed by atoms with van der Waals surface area (Å²) in [5.41, 5.74) is 1.52. The molecule has 0 saturated carbocycles. The van der Waals surface area contributed by atoms with Crippen molar-refractivity contribution in [1.29, 1.82) is 0 Å². The Balaban J connectivity index is 1.78. The Morgan fingerprint density at radius 1 is 0.963 bits per heavy atom. The minimum absolute atomic E-state index is 0.134. The van der Waals surface area contributed by atoms with Gasteiger partial charge in [0.05, 0.1) is 15.6 Å².